The molecule has 0 unspecified atom stereocenters. The van der Waals surface area contributed by atoms with E-state index in [1.165, 1.54) is 25.9 Å². The van der Waals surface area contributed by atoms with Crippen molar-refractivity contribution in [1.29, 1.82) is 0 Å². The van der Waals surface area contributed by atoms with Gasteiger partial charge in [-0.05, 0) is 91.9 Å². The van der Waals surface area contributed by atoms with Crippen LogP contribution in [0, 0.1) is 0 Å². The van der Waals surface area contributed by atoms with Gasteiger partial charge in [-0.2, -0.15) is 0 Å². The molecule has 0 amide bonds. The maximum absolute atomic E-state index is 10.1. The van der Waals surface area contributed by atoms with Gasteiger partial charge in [0.2, 0.25) is 0 Å². The summed E-state index contributed by atoms with van der Waals surface area (Å²) in [6, 6.07) is 21.0. The molecule has 0 radical (unpaired) electrons. The third kappa shape index (κ3) is 4.71. The number of ether oxygens (including phenoxy) is 2. The van der Waals surface area contributed by atoms with Crippen LogP contribution in [0.2, 0.25) is 0 Å². The third-order valence-corrected chi connectivity index (χ3v) is 7.21. The molecule has 34 heavy (non-hydrogen) atoms. The smallest absolute Gasteiger partial charge is 0.131 e. The van der Waals surface area contributed by atoms with E-state index >= 15 is 0 Å². The molecule has 2 aliphatic heterocycles. The van der Waals surface area contributed by atoms with Gasteiger partial charge in [0.15, 0.2) is 0 Å². The molecule has 0 saturated carbocycles. The van der Waals surface area contributed by atoms with Crippen molar-refractivity contribution < 1.29 is 19.7 Å². The van der Waals surface area contributed by atoms with Gasteiger partial charge in [0, 0.05) is 18.0 Å². The van der Waals surface area contributed by atoms with Crippen LogP contribution in [0.15, 0.2) is 66.7 Å². The zero-order chi connectivity index (χ0) is 23.5. The van der Waals surface area contributed by atoms with Crippen LogP contribution in [-0.2, 0) is 0 Å². The first kappa shape index (κ1) is 22.6. The Kier molecular flexibility index (Phi) is 6.63. The Bertz CT molecular complexity index is 1090. The summed E-state index contributed by atoms with van der Waals surface area (Å²) in [5, 5.41) is 20.0. The topological polar surface area (TPSA) is 62.2 Å². The third-order valence-electron chi connectivity index (χ3n) is 7.21. The molecule has 3 atom stereocenters. The van der Waals surface area contributed by atoms with Gasteiger partial charge in [-0.1, -0.05) is 31.2 Å². The highest BCUT2D eigenvalue weighted by atomic mass is 16.5. The lowest BCUT2D eigenvalue weighted by molar-refractivity contribution is 0.131. The number of benzene rings is 3. The van der Waals surface area contributed by atoms with Crippen molar-refractivity contribution in [2.75, 3.05) is 26.2 Å². The van der Waals surface area contributed by atoms with E-state index in [2.05, 4.69) is 24.0 Å². The minimum absolute atomic E-state index is 0.0434. The highest BCUT2D eigenvalue weighted by Gasteiger charge is 2.39. The molecule has 1 fully saturated rings. The minimum atomic E-state index is -0.190. The molecular formula is C29H33NO4. The molecule has 178 valence electrons. The van der Waals surface area contributed by atoms with E-state index < -0.39 is 0 Å². The molecule has 0 aromatic heterocycles. The van der Waals surface area contributed by atoms with E-state index in [-0.39, 0.29) is 29.4 Å². The maximum atomic E-state index is 10.1. The summed E-state index contributed by atoms with van der Waals surface area (Å²) >= 11 is 0. The maximum Gasteiger partial charge on any atom is 0.131 e. The Morgan fingerprint density at radius 3 is 2.26 bits per heavy atom. The van der Waals surface area contributed by atoms with E-state index in [1.807, 2.05) is 36.4 Å². The van der Waals surface area contributed by atoms with Gasteiger partial charge in [0.25, 0.3) is 0 Å². The quantitative estimate of drug-likeness (QED) is 0.455. The number of likely N-dealkylation sites (tertiary alicyclic amines) is 1. The van der Waals surface area contributed by atoms with Crippen LogP contribution in [0.3, 0.4) is 0 Å². The number of hydrogen-bond acceptors (Lipinski definition) is 5. The van der Waals surface area contributed by atoms with E-state index in [1.54, 1.807) is 18.2 Å². The number of rotatable bonds is 7. The van der Waals surface area contributed by atoms with E-state index in [4.69, 9.17) is 9.47 Å². The molecule has 5 heteroatoms. The summed E-state index contributed by atoms with van der Waals surface area (Å²) in [6.45, 7) is 6.20. The summed E-state index contributed by atoms with van der Waals surface area (Å²) in [7, 11) is 0. The van der Waals surface area contributed by atoms with Crippen LogP contribution < -0.4 is 9.47 Å². The Morgan fingerprint density at radius 1 is 0.882 bits per heavy atom. The van der Waals surface area contributed by atoms with Gasteiger partial charge in [-0.25, -0.2) is 0 Å². The molecule has 3 aromatic carbocycles. The average Bonchev–Trinajstić information content (AvgIpc) is 3.37. The summed E-state index contributed by atoms with van der Waals surface area (Å²) in [6.07, 6.45) is 3.30. The predicted molar refractivity (Wildman–Crippen MR) is 133 cm³/mol. The van der Waals surface area contributed by atoms with Gasteiger partial charge < -0.3 is 19.7 Å². The molecule has 1 saturated heterocycles. The normalized spacial score (nSPS) is 22.2. The number of aromatic hydroxyl groups is 2. The summed E-state index contributed by atoms with van der Waals surface area (Å²) in [5.74, 6) is 2.40. The number of phenols is 2. The van der Waals surface area contributed by atoms with Gasteiger partial charge >= 0.3 is 0 Å². The lowest BCUT2D eigenvalue weighted by atomic mass is 9.73. The number of fused-ring (bicyclic) bond motifs is 1. The molecule has 0 spiro atoms. The first-order chi connectivity index (χ1) is 16.6. The summed E-state index contributed by atoms with van der Waals surface area (Å²) in [4.78, 5) is 2.45. The van der Waals surface area contributed by atoms with Crippen molar-refractivity contribution in [2.45, 2.75) is 44.1 Å². The van der Waals surface area contributed by atoms with Crippen LogP contribution in [0.1, 0.15) is 60.8 Å². The minimum Gasteiger partial charge on any atom is -0.508 e. The fraction of sp³-hybridized carbons (Fsp3) is 0.379. The number of hydrogen-bond donors (Lipinski definition) is 2. The number of nitrogens with zero attached hydrogens (tertiary/aromatic N) is 1. The van der Waals surface area contributed by atoms with Gasteiger partial charge in [0.1, 0.15) is 35.7 Å². The molecule has 5 nitrogen and oxygen atoms in total. The molecule has 2 aliphatic rings. The first-order valence-electron chi connectivity index (χ1n) is 12.4. The monoisotopic (exact) mass is 459 g/mol. The SMILES string of the molecule is CC[C@@H]1c2cc(O)ccc2O[C@H](c2ccc(OCCN3CCCC3)cc2)[C@@H]1c1ccc(O)cc1. The summed E-state index contributed by atoms with van der Waals surface area (Å²) in [5.41, 5.74) is 3.22. The van der Waals surface area contributed by atoms with Crippen molar-refractivity contribution >= 4 is 0 Å². The second-order valence-corrected chi connectivity index (χ2v) is 9.36. The zero-order valence-electron chi connectivity index (χ0n) is 19.7. The molecule has 0 aliphatic carbocycles. The van der Waals surface area contributed by atoms with Crippen molar-refractivity contribution in [3.05, 3.63) is 83.4 Å². The Morgan fingerprint density at radius 2 is 1.56 bits per heavy atom. The van der Waals surface area contributed by atoms with Crippen molar-refractivity contribution in [3.8, 4) is 23.0 Å². The van der Waals surface area contributed by atoms with Crippen LogP contribution in [0.5, 0.6) is 23.0 Å². The standard InChI is InChI=1S/C29H33NO4/c1-2-25-26-19-23(32)11-14-27(26)34-29(28(25)20-5-9-22(31)10-6-20)21-7-12-24(13-8-21)33-18-17-30-15-3-4-16-30/h5-14,19,25,28-29,31-32H,2-4,15-18H2,1H3/t25-,28-,29-/m1/s1. The van der Waals surface area contributed by atoms with Gasteiger partial charge in [0.05, 0.1) is 0 Å². The second-order valence-electron chi connectivity index (χ2n) is 9.36. The molecule has 2 heterocycles. The Labute approximate surface area is 201 Å². The molecule has 5 rings (SSSR count). The second kappa shape index (κ2) is 9.98. The van der Waals surface area contributed by atoms with E-state index in [0.717, 1.165) is 41.2 Å². The van der Waals surface area contributed by atoms with Gasteiger partial charge in [-0.15, -0.1) is 0 Å². The molecule has 2 N–H and O–H groups in total. The molecule has 0 bridgehead atoms. The van der Waals surface area contributed by atoms with Crippen LogP contribution in [-0.4, -0.2) is 41.4 Å². The molecular weight excluding hydrogens is 426 g/mol. The highest BCUT2D eigenvalue weighted by molar-refractivity contribution is 5.48. The van der Waals surface area contributed by atoms with E-state index in [9.17, 15) is 10.2 Å². The lowest BCUT2D eigenvalue weighted by Gasteiger charge is -2.40. The Balaban J connectivity index is 1.41. The van der Waals surface area contributed by atoms with Crippen LogP contribution >= 0.6 is 0 Å². The van der Waals surface area contributed by atoms with Crippen molar-refractivity contribution in [3.63, 3.8) is 0 Å². The fourth-order valence-corrected chi connectivity index (χ4v) is 5.45. The largest absolute Gasteiger partial charge is 0.508 e. The number of phenolic OH excluding ortho intramolecular Hbond substituents is 2. The highest BCUT2D eigenvalue weighted by Crippen LogP contribution is 2.53. The first-order valence-corrected chi connectivity index (χ1v) is 12.4. The van der Waals surface area contributed by atoms with E-state index in [0.29, 0.717) is 6.61 Å². The van der Waals surface area contributed by atoms with Crippen molar-refractivity contribution in [2.24, 2.45) is 0 Å². The van der Waals surface area contributed by atoms with Crippen LogP contribution in [0.4, 0.5) is 0 Å². The van der Waals surface area contributed by atoms with Gasteiger partial charge in [-0.3, -0.25) is 4.90 Å². The Hall–Kier alpha value is -3.18. The molecule has 3 aromatic rings. The predicted octanol–water partition coefficient (Wildman–Crippen LogP) is 5.98. The average molecular weight is 460 g/mol. The summed E-state index contributed by atoms with van der Waals surface area (Å²) < 4.78 is 12.6. The van der Waals surface area contributed by atoms with Crippen LogP contribution in [0.25, 0.3) is 0 Å². The lowest BCUT2D eigenvalue weighted by Crippen LogP contribution is -2.28. The zero-order valence-corrected chi connectivity index (χ0v) is 19.7. The fourth-order valence-electron chi connectivity index (χ4n) is 5.45. The van der Waals surface area contributed by atoms with Crippen molar-refractivity contribution in [1.82, 2.24) is 4.90 Å².